The van der Waals surface area contributed by atoms with E-state index in [-0.39, 0.29) is 6.04 Å². The zero-order valence-electron chi connectivity index (χ0n) is 13.3. The number of sulfonamides is 1. The molecule has 0 aliphatic rings. The molecule has 0 heterocycles. The van der Waals surface area contributed by atoms with E-state index >= 15 is 0 Å². The lowest BCUT2D eigenvalue weighted by Crippen LogP contribution is -2.27. The summed E-state index contributed by atoms with van der Waals surface area (Å²) in [7, 11) is -3.52. The molecule has 5 heteroatoms. The fraction of sp³-hybridized carbons (Fsp3) is 0.294. The second-order valence-corrected chi connectivity index (χ2v) is 7.97. The molecule has 2 rings (SSSR count). The van der Waals surface area contributed by atoms with Crippen LogP contribution < -0.4 is 4.72 Å². The van der Waals surface area contributed by atoms with Crippen LogP contribution in [0.1, 0.15) is 29.7 Å². The van der Waals surface area contributed by atoms with Crippen molar-refractivity contribution in [2.45, 2.75) is 36.6 Å². The number of rotatable bonds is 5. The molecule has 0 amide bonds. The lowest BCUT2D eigenvalue weighted by Gasteiger charge is -2.17. The molecule has 0 saturated heterocycles. The van der Waals surface area contributed by atoms with E-state index in [4.69, 9.17) is 0 Å². The van der Waals surface area contributed by atoms with Crippen LogP contribution in [0, 0.1) is 13.8 Å². The minimum atomic E-state index is -3.52. The summed E-state index contributed by atoms with van der Waals surface area (Å²) >= 11 is 1.59. The molecule has 0 unspecified atom stereocenters. The van der Waals surface area contributed by atoms with Crippen LogP contribution in [0.3, 0.4) is 0 Å². The number of hydrogen-bond donors (Lipinski definition) is 1. The van der Waals surface area contributed by atoms with E-state index in [0.717, 1.165) is 16.0 Å². The standard InChI is InChI=1S/C17H21NO2S2/c1-12-5-10-17(13(2)11-12)14(3)18-22(19,20)16-8-6-15(21-4)7-9-16/h5-11,14,18H,1-4H3/t14-/m1/s1. The number of benzene rings is 2. The Morgan fingerprint density at radius 3 is 2.23 bits per heavy atom. The lowest BCUT2D eigenvalue weighted by atomic mass is 10.0. The van der Waals surface area contributed by atoms with E-state index in [1.54, 1.807) is 23.9 Å². The van der Waals surface area contributed by atoms with E-state index in [1.165, 1.54) is 5.56 Å². The number of nitrogens with one attached hydrogen (secondary N) is 1. The first kappa shape index (κ1) is 17.1. The molecule has 118 valence electrons. The van der Waals surface area contributed by atoms with Crippen molar-refractivity contribution < 1.29 is 8.42 Å². The Hall–Kier alpha value is -1.30. The highest BCUT2D eigenvalue weighted by atomic mass is 32.2. The van der Waals surface area contributed by atoms with Crippen molar-refractivity contribution in [1.82, 2.24) is 4.72 Å². The summed E-state index contributed by atoms with van der Waals surface area (Å²) in [5.74, 6) is 0. The van der Waals surface area contributed by atoms with Gasteiger partial charge in [-0.1, -0.05) is 23.8 Å². The number of aryl methyl sites for hydroxylation is 2. The highest BCUT2D eigenvalue weighted by Crippen LogP contribution is 2.22. The number of hydrogen-bond acceptors (Lipinski definition) is 3. The maximum atomic E-state index is 12.5. The normalized spacial score (nSPS) is 13.1. The minimum absolute atomic E-state index is 0.272. The highest BCUT2D eigenvalue weighted by molar-refractivity contribution is 7.98. The first-order valence-electron chi connectivity index (χ1n) is 7.07. The van der Waals surface area contributed by atoms with Gasteiger partial charge in [0.15, 0.2) is 0 Å². The molecule has 0 aliphatic heterocycles. The molecule has 0 fully saturated rings. The monoisotopic (exact) mass is 335 g/mol. The third-order valence-electron chi connectivity index (χ3n) is 3.59. The first-order valence-corrected chi connectivity index (χ1v) is 9.78. The summed E-state index contributed by atoms with van der Waals surface area (Å²) in [5.41, 5.74) is 3.26. The fourth-order valence-corrected chi connectivity index (χ4v) is 4.06. The molecule has 0 saturated carbocycles. The van der Waals surface area contributed by atoms with Gasteiger partial charge < -0.3 is 0 Å². The van der Waals surface area contributed by atoms with E-state index in [0.29, 0.717) is 4.90 Å². The van der Waals surface area contributed by atoms with Crippen LogP contribution in [0.2, 0.25) is 0 Å². The molecule has 0 spiro atoms. The molecule has 0 aliphatic carbocycles. The SMILES string of the molecule is CSc1ccc(S(=O)(=O)N[C@H](C)c2ccc(C)cc2C)cc1. The van der Waals surface area contributed by atoms with Gasteiger partial charge >= 0.3 is 0 Å². The molecule has 22 heavy (non-hydrogen) atoms. The Morgan fingerprint density at radius 1 is 1.05 bits per heavy atom. The van der Waals surface area contributed by atoms with Crippen LogP contribution in [0.15, 0.2) is 52.3 Å². The zero-order valence-corrected chi connectivity index (χ0v) is 14.9. The largest absolute Gasteiger partial charge is 0.241 e. The molecule has 1 N–H and O–H groups in total. The summed E-state index contributed by atoms with van der Waals surface area (Å²) < 4.78 is 27.7. The van der Waals surface area contributed by atoms with E-state index in [1.807, 2.05) is 51.3 Å². The molecule has 2 aromatic rings. The van der Waals surface area contributed by atoms with Crippen molar-refractivity contribution in [2.24, 2.45) is 0 Å². The summed E-state index contributed by atoms with van der Waals surface area (Å²) in [6.07, 6.45) is 1.96. The average Bonchev–Trinajstić information content (AvgIpc) is 2.46. The highest BCUT2D eigenvalue weighted by Gasteiger charge is 2.19. The zero-order chi connectivity index (χ0) is 16.3. The summed E-state index contributed by atoms with van der Waals surface area (Å²) in [5, 5.41) is 0. The van der Waals surface area contributed by atoms with Gasteiger partial charge in [0, 0.05) is 10.9 Å². The van der Waals surface area contributed by atoms with E-state index in [2.05, 4.69) is 10.8 Å². The van der Waals surface area contributed by atoms with Gasteiger partial charge in [-0.25, -0.2) is 13.1 Å². The second-order valence-electron chi connectivity index (χ2n) is 5.38. The van der Waals surface area contributed by atoms with Crippen molar-refractivity contribution in [3.05, 3.63) is 59.2 Å². The van der Waals surface area contributed by atoms with Gasteiger partial charge in [0.05, 0.1) is 4.90 Å². The molecule has 0 aromatic heterocycles. The van der Waals surface area contributed by atoms with E-state index < -0.39 is 10.0 Å². The summed E-state index contributed by atoms with van der Waals surface area (Å²) in [6.45, 7) is 5.89. The second kappa shape index (κ2) is 6.86. The van der Waals surface area contributed by atoms with Crippen LogP contribution in [0.25, 0.3) is 0 Å². The van der Waals surface area contributed by atoms with Crippen molar-refractivity contribution in [2.75, 3.05) is 6.26 Å². The van der Waals surface area contributed by atoms with Crippen molar-refractivity contribution in [3.8, 4) is 0 Å². The van der Waals surface area contributed by atoms with Crippen LogP contribution in [-0.4, -0.2) is 14.7 Å². The quantitative estimate of drug-likeness (QED) is 0.838. The molecule has 0 radical (unpaired) electrons. The predicted octanol–water partition coefficient (Wildman–Crippen LogP) is 4.06. The summed E-state index contributed by atoms with van der Waals surface area (Å²) in [4.78, 5) is 1.34. The van der Waals surface area contributed by atoms with Crippen LogP contribution in [0.4, 0.5) is 0 Å². The van der Waals surface area contributed by atoms with Crippen LogP contribution in [-0.2, 0) is 10.0 Å². The summed E-state index contributed by atoms with van der Waals surface area (Å²) in [6, 6.07) is 12.7. The molecular weight excluding hydrogens is 314 g/mol. The van der Waals surface area contributed by atoms with Gasteiger partial charge in [-0.2, -0.15) is 0 Å². The number of thioether (sulfide) groups is 1. The van der Waals surface area contributed by atoms with Gasteiger partial charge in [-0.15, -0.1) is 11.8 Å². The molecular formula is C17H21NO2S2. The van der Waals surface area contributed by atoms with Gasteiger partial charge in [-0.3, -0.25) is 0 Å². The Kier molecular flexibility index (Phi) is 5.32. The van der Waals surface area contributed by atoms with Crippen molar-refractivity contribution >= 4 is 21.8 Å². The predicted molar refractivity (Wildman–Crippen MR) is 92.9 cm³/mol. The molecule has 0 bridgehead atoms. The fourth-order valence-electron chi connectivity index (χ4n) is 2.43. The molecule has 3 nitrogen and oxygen atoms in total. The topological polar surface area (TPSA) is 46.2 Å². The minimum Gasteiger partial charge on any atom is -0.207 e. The Labute approximate surface area is 137 Å². The van der Waals surface area contributed by atoms with Crippen LogP contribution >= 0.6 is 11.8 Å². The van der Waals surface area contributed by atoms with E-state index in [9.17, 15) is 8.42 Å². The molecule has 1 atom stereocenters. The maximum absolute atomic E-state index is 12.5. The van der Waals surface area contributed by atoms with Gasteiger partial charge in [0.2, 0.25) is 10.0 Å². The van der Waals surface area contributed by atoms with Gasteiger partial charge in [0.25, 0.3) is 0 Å². The maximum Gasteiger partial charge on any atom is 0.241 e. The Balaban J connectivity index is 2.23. The molecule has 2 aromatic carbocycles. The van der Waals surface area contributed by atoms with Gasteiger partial charge in [-0.05, 0) is 62.4 Å². The Morgan fingerprint density at radius 2 is 1.68 bits per heavy atom. The van der Waals surface area contributed by atoms with Crippen molar-refractivity contribution in [3.63, 3.8) is 0 Å². The lowest BCUT2D eigenvalue weighted by molar-refractivity contribution is 0.566. The van der Waals surface area contributed by atoms with Crippen molar-refractivity contribution in [1.29, 1.82) is 0 Å². The van der Waals surface area contributed by atoms with Crippen LogP contribution in [0.5, 0.6) is 0 Å². The Bertz CT molecular complexity index is 753. The average molecular weight is 335 g/mol. The first-order chi connectivity index (χ1) is 10.3. The van der Waals surface area contributed by atoms with Gasteiger partial charge in [0.1, 0.15) is 0 Å². The third-order valence-corrected chi connectivity index (χ3v) is 5.89. The smallest absolute Gasteiger partial charge is 0.207 e. The third kappa shape index (κ3) is 3.91.